The van der Waals surface area contributed by atoms with E-state index in [1.807, 2.05) is 6.92 Å². The minimum atomic E-state index is 0.703. The Bertz CT molecular complexity index is 460. The highest BCUT2D eigenvalue weighted by molar-refractivity contribution is 9.09. The van der Waals surface area contributed by atoms with E-state index in [0.717, 1.165) is 35.9 Å². The fourth-order valence-electron chi connectivity index (χ4n) is 3.66. The standard InChI is InChI=1S/C14H21BrClN3/c1-3-19-13(14(16)9(2)17-19)8-18-11-4-5-12(18)7-10(15)6-11/h10-12H,3-8H2,1-2H3. The fourth-order valence-corrected chi connectivity index (χ4v) is 4.72. The third-order valence-electron chi connectivity index (χ3n) is 4.61. The third kappa shape index (κ3) is 2.47. The van der Waals surface area contributed by atoms with E-state index in [1.54, 1.807) is 0 Å². The van der Waals surface area contributed by atoms with E-state index >= 15 is 0 Å². The van der Waals surface area contributed by atoms with Crippen molar-refractivity contribution in [2.24, 2.45) is 0 Å². The quantitative estimate of drug-likeness (QED) is 0.777. The van der Waals surface area contributed by atoms with E-state index in [4.69, 9.17) is 11.6 Å². The summed E-state index contributed by atoms with van der Waals surface area (Å²) in [6.07, 6.45) is 5.22. The molecular weight excluding hydrogens is 326 g/mol. The van der Waals surface area contributed by atoms with Crippen LogP contribution in [0.5, 0.6) is 0 Å². The topological polar surface area (TPSA) is 21.1 Å². The van der Waals surface area contributed by atoms with Crippen molar-refractivity contribution >= 4 is 27.5 Å². The van der Waals surface area contributed by atoms with Gasteiger partial charge in [-0.3, -0.25) is 9.58 Å². The Morgan fingerprint density at radius 3 is 2.53 bits per heavy atom. The molecule has 2 unspecified atom stereocenters. The van der Waals surface area contributed by atoms with E-state index in [0.29, 0.717) is 4.83 Å². The van der Waals surface area contributed by atoms with Crippen molar-refractivity contribution in [1.29, 1.82) is 0 Å². The molecule has 106 valence electrons. The van der Waals surface area contributed by atoms with Gasteiger partial charge in [0, 0.05) is 30.0 Å². The molecule has 2 atom stereocenters. The lowest BCUT2D eigenvalue weighted by atomic mass is 10.0. The van der Waals surface area contributed by atoms with Crippen LogP contribution in [-0.2, 0) is 13.1 Å². The highest BCUT2D eigenvalue weighted by atomic mass is 79.9. The maximum Gasteiger partial charge on any atom is 0.0860 e. The number of nitrogens with zero attached hydrogens (tertiary/aromatic N) is 3. The Hall–Kier alpha value is -0.0600. The lowest BCUT2D eigenvalue weighted by Gasteiger charge is -2.37. The van der Waals surface area contributed by atoms with Crippen LogP contribution in [0.25, 0.3) is 0 Å². The van der Waals surface area contributed by atoms with Gasteiger partial charge in [0.25, 0.3) is 0 Å². The molecule has 0 amide bonds. The van der Waals surface area contributed by atoms with Crippen molar-refractivity contribution in [2.45, 2.75) is 69.5 Å². The van der Waals surface area contributed by atoms with Crippen LogP contribution in [0.4, 0.5) is 0 Å². The molecule has 2 aliphatic rings. The van der Waals surface area contributed by atoms with Crippen LogP contribution in [0.1, 0.15) is 44.0 Å². The maximum absolute atomic E-state index is 6.44. The number of hydrogen-bond donors (Lipinski definition) is 0. The average molecular weight is 347 g/mol. The maximum atomic E-state index is 6.44. The van der Waals surface area contributed by atoms with E-state index in [1.165, 1.54) is 31.4 Å². The first-order valence-electron chi connectivity index (χ1n) is 7.21. The molecule has 2 saturated heterocycles. The van der Waals surface area contributed by atoms with Crippen molar-refractivity contribution in [3.05, 3.63) is 16.4 Å². The van der Waals surface area contributed by atoms with Crippen LogP contribution < -0.4 is 0 Å². The SMILES string of the molecule is CCn1nc(C)c(Cl)c1CN1C2CCC1CC(Br)C2. The summed E-state index contributed by atoms with van der Waals surface area (Å²) in [5.74, 6) is 0. The number of halogens is 2. The molecule has 2 fully saturated rings. The number of aromatic nitrogens is 2. The monoisotopic (exact) mass is 345 g/mol. The second-order valence-electron chi connectivity index (χ2n) is 5.79. The highest BCUT2D eigenvalue weighted by Crippen LogP contribution is 2.40. The Morgan fingerprint density at radius 1 is 1.32 bits per heavy atom. The predicted octanol–water partition coefficient (Wildman–Crippen LogP) is 3.76. The Morgan fingerprint density at radius 2 is 1.95 bits per heavy atom. The zero-order chi connectivity index (χ0) is 13.6. The van der Waals surface area contributed by atoms with E-state index < -0.39 is 0 Å². The molecule has 3 heterocycles. The predicted molar refractivity (Wildman–Crippen MR) is 82.0 cm³/mol. The molecule has 1 aromatic heterocycles. The molecule has 0 radical (unpaired) electrons. The van der Waals surface area contributed by atoms with Gasteiger partial charge in [0.05, 0.1) is 16.4 Å². The fraction of sp³-hybridized carbons (Fsp3) is 0.786. The number of fused-ring (bicyclic) bond motifs is 2. The van der Waals surface area contributed by atoms with Crippen LogP contribution >= 0.6 is 27.5 Å². The van der Waals surface area contributed by atoms with E-state index in [2.05, 4.69) is 37.5 Å². The minimum absolute atomic E-state index is 0.703. The summed E-state index contributed by atoms with van der Waals surface area (Å²) in [5, 5.41) is 5.39. The highest BCUT2D eigenvalue weighted by Gasteiger charge is 2.40. The summed E-state index contributed by atoms with van der Waals surface area (Å²) in [5.41, 5.74) is 2.16. The molecule has 3 rings (SSSR count). The summed E-state index contributed by atoms with van der Waals surface area (Å²) >= 11 is 10.2. The number of aryl methyl sites for hydroxylation is 2. The van der Waals surface area contributed by atoms with Gasteiger partial charge in [0.15, 0.2) is 0 Å². The molecule has 5 heteroatoms. The second-order valence-corrected chi connectivity index (χ2v) is 7.46. The van der Waals surface area contributed by atoms with Crippen molar-refractivity contribution in [3.8, 4) is 0 Å². The van der Waals surface area contributed by atoms with E-state index in [9.17, 15) is 0 Å². The smallest absolute Gasteiger partial charge is 0.0860 e. The van der Waals surface area contributed by atoms with Gasteiger partial charge >= 0.3 is 0 Å². The number of piperidine rings is 1. The van der Waals surface area contributed by atoms with Gasteiger partial charge < -0.3 is 0 Å². The van der Waals surface area contributed by atoms with Crippen molar-refractivity contribution in [3.63, 3.8) is 0 Å². The molecule has 19 heavy (non-hydrogen) atoms. The molecule has 0 saturated carbocycles. The molecule has 2 aliphatic heterocycles. The summed E-state index contributed by atoms with van der Waals surface area (Å²) in [4.78, 5) is 3.36. The average Bonchev–Trinajstić information content (AvgIpc) is 2.78. The zero-order valence-corrected chi connectivity index (χ0v) is 13.9. The van der Waals surface area contributed by atoms with Gasteiger partial charge in [-0.1, -0.05) is 27.5 Å². The molecule has 0 N–H and O–H groups in total. The van der Waals surface area contributed by atoms with Crippen molar-refractivity contribution in [2.75, 3.05) is 0 Å². The minimum Gasteiger partial charge on any atom is -0.291 e. The second kappa shape index (κ2) is 5.38. The Kier molecular flexibility index (Phi) is 3.93. The molecule has 2 bridgehead atoms. The molecule has 3 nitrogen and oxygen atoms in total. The van der Waals surface area contributed by atoms with Gasteiger partial charge in [0.1, 0.15) is 0 Å². The molecular formula is C14H21BrClN3. The first-order chi connectivity index (χ1) is 9.10. The zero-order valence-electron chi connectivity index (χ0n) is 11.6. The largest absolute Gasteiger partial charge is 0.291 e. The first kappa shape index (κ1) is 13.9. The number of alkyl halides is 1. The summed E-state index contributed by atoms with van der Waals surface area (Å²) in [6, 6.07) is 1.44. The summed E-state index contributed by atoms with van der Waals surface area (Å²) in [6.45, 7) is 5.98. The Balaban J connectivity index is 1.82. The van der Waals surface area contributed by atoms with Crippen molar-refractivity contribution in [1.82, 2.24) is 14.7 Å². The molecule has 1 aromatic rings. The molecule has 0 aromatic carbocycles. The molecule has 0 aliphatic carbocycles. The lowest BCUT2D eigenvalue weighted by molar-refractivity contribution is 0.133. The van der Waals surface area contributed by atoms with Crippen LogP contribution in [0.3, 0.4) is 0 Å². The Labute approximate surface area is 128 Å². The van der Waals surface area contributed by atoms with E-state index in [-0.39, 0.29) is 0 Å². The van der Waals surface area contributed by atoms with Crippen LogP contribution in [-0.4, -0.2) is 31.6 Å². The number of rotatable bonds is 3. The summed E-state index contributed by atoms with van der Waals surface area (Å²) < 4.78 is 2.07. The van der Waals surface area contributed by atoms with Crippen LogP contribution in [0.15, 0.2) is 0 Å². The van der Waals surface area contributed by atoms with Gasteiger partial charge in [-0.2, -0.15) is 5.10 Å². The van der Waals surface area contributed by atoms with Gasteiger partial charge in [-0.25, -0.2) is 0 Å². The summed E-state index contributed by atoms with van der Waals surface area (Å²) in [7, 11) is 0. The normalized spacial score (nSPS) is 31.1. The van der Waals surface area contributed by atoms with Gasteiger partial charge in [0.2, 0.25) is 0 Å². The van der Waals surface area contributed by atoms with Gasteiger partial charge in [-0.15, -0.1) is 0 Å². The van der Waals surface area contributed by atoms with Crippen LogP contribution in [0.2, 0.25) is 5.02 Å². The van der Waals surface area contributed by atoms with Crippen molar-refractivity contribution < 1.29 is 0 Å². The lowest BCUT2D eigenvalue weighted by Crippen LogP contribution is -2.43. The molecule has 0 spiro atoms. The number of hydrogen-bond acceptors (Lipinski definition) is 2. The van der Waals surface area contributed by atoms with Gasteiger partial charge in [-0.05, 0) is 39.5 Å². The van der Waals surface area contributed by atoms with Crippen LogP contribution in [0, 0.1) is 6.92 Å². The first-order valence-corrected chi connectivity index (χ1v) is 8.51. The third-order valence-corrected chi connectivity index (χ3v) is 5.85.